The van der Waals surface area contributed by atoms with E-state index in [-0.39, 0.29) is 4.90 Å². The maximum absolute atomic E-state index is 12.7. The Morgan fingerprint density at radius 2 is 2.16 bits per heavy atom. The number of piperidine rings is 1. The molecular formula is C13H18BrNO3S. The fourth-order valence-corrected chi connectivity index (χ4v) is 4.65. The van der Waals surface area contributed by atoms with E-state index >= 15 is 0 Å². The van der Waals surface area contributed by atoms with Crippen LogP contribution in [0.25, 0.3) is 0 Å². The molecule has 1 heterocycles. The van der Waals surface area contributed by atoms with E-state index in [4.69, 9.17) is 4.74 Å². The first-order chi connectivity index (χ1) is 8.95. The van der Waals surface area contributed by atoms with Crippen LogP contribution in [0.4, 0.5) is 0 Å². The van der Waals surface area contributed by atoms with E-state index in [0.29, 0.717) is 24.8 Å². The molecule has 0 aromatic heterocycles. The molecule has 1 unspecified atom stereocenters. The third kappa shape index (κ3) is 3.12. The lowest BCUT2D eigenvalue weighted by Gasteiger charge is -2.30. The second-order valence-corrected chi connectivity index (χ2v) is 7.73. The van der Waals surface area contributed by atoms with Gasteiger partial charge >= 0.3 is 0 Å². The molecule has 106 valence electrons. The number of hydrogen-bond acceptors (Lipinski definition) is 3. The van der Waals surface area contributed by atoms with Gasteiger partial charge in [0.05, 0.1) is 7.11 Å². The standard InChI is InChI=1S/C13H18BrNO3S/c1-10-4-3-7-15(9-10)19(16,17)13-8-11(14)5-6-12(13)18-2/h5-6,8,10H,3-4,7,9H2,1-2H3. The quantitative estimate of drug-likeness (QED) is 0.844. The van der Waals surface area contributed by atoms with E-state index in [1.165, 1.54) is 7.11 Å². The Morgan fingerprint density at radius 3 is 2.79 bits per heavy atom. The fourth-order valence-electron chi connectivity index (χ4n) is 2.36. The molecule has 1 atom stereocenters. The van der Waals surface area contributed by atoms with Crippen molar-refractivity contribution in [2.75, 3.05) is 20.2 Å². The van der Waals surface area contributed by atoms with Crippen LogP contribution in [0.5, 0.6) is 5.75 Å². The summed E-state index contributed by atoms with van der Waals surface area (Å²) in [7, 11) is -1.99. The third-order valence-electron chi connectivity index (χ3n) is 3.36. The molecule has 0 bridgehead atoms. The molecule has 1 aromatic carbocycles. The zero-order chi connectivity index (χ0) is 14.0. The molecule has 0 aliphatic carbocycles. The zero-order valence-electron chi connectivity index (χ0n) is 11.1. The van der Waals surface area contributed by atoms with Gasteiger partial charge in [-0.1, -0.05) is 22.9 Å². The van der Waals surface area contributed by atoms with Gasteiger partial charge in [-0.25, -0.2) is 8.42 Å². The molecule has 0 N–H and O–H groups in total. The first-order valence-corrected chi connectivity index (χ1v) is 8.52. The molecule has 0 radical (unpaired) electrons. The normalized spacial score (nSPS) is 21.3. The SMILES string of the molecule is COc1ccc(Br)cc1S(=O)(=O)N1CCCC(C)C1. The van der Waals surface area contributed by atoms with Crippen molar-refractivity contribution in [3.63, 3.8) is 0 Å². The predicted octanol–water partition coefficient (Wildman–Crippen LogP) is 2.88. The van der Waals surface area contributed by atoms with Crippen molar-refractivity contribution < 1.29 is 13.2 Å². The van der Waals surface area contributed by atoms with Gasteiger partial charge in [0.15, 0.2) is 0 Å². The van der Waals surface area contributed by atoms with Crippen LogP contribution in [0.3, 0.4) is 0 Å². The van der Waals surface area contributed by atoms with Crippen LogP contribution in [-0.2, 0) is 10.0 Å². The largest absolute Gasteiger partial charge is 0.495 e. The monoisotopic (exact) mass is 347 g/mol. The average Bonchev–Trinajstić information content (AvgIpc) is 2.38. The molecular weight excluding hydrogens is 330 g/mol. The van der Waals surface area contributed by atoms with Crippen molar-refractivity contribution in [1.82, 2.24) is 4.31 Å². The second-order valence-electron chi connectivity index (χ2n) is 4.91. The predicted molar refractivity (Wildman–Crippen MR) is 77.9 cm³/mol. The Balaban J connectivity index is 2.41. The van der Waals surface area contributed by atoms with Gasteiger partial charge in [-0.05, 0) is 37.0 Å². The number of sulfonamides is 1. The molecule has 1 aliphatic rings. The molecule has 1 saturated heterocycles. The summed E-state index contributed by atoms with van der Waals surface area (Å²) >= 11 is 3.32. The topological polar surface area (TPSA) is 46.6 Å². The van der Waals surface area contributed by atoms with E-state index in [1.54, 1.807) is 22.5 Å². The van der Waals surface area contributed by atoms with Crippen molar-refractivity contribution in [2.45, 2.75) is 24.7 Å². The van der Waals surface area contributed by atoms with Crippen molar-refractivity contribution in [3.05, 3.63) is 22.7 Å². The number of rotatable bonds is 3. The summed E-state index contributed by atoms with van der Waals surface area (Å²) < 4.78 is 32.9. The zero-order valence-corrected chi connectivity index (χ0v) is 13.5. The maximum Gasteiger partial charge on any atom is 0.246 e. The van der Waals surface area contributed by atoms with Crippen LogP contribution < -0.4 is 4.74 Å². The van der Waals surface area contributed by atoms with E-state index in [0.717, 1.165) is 17.3 Å². The second kappa shape index (κ2) is 5.81. The molecule has 1 aromatic rings. The van der Waals surface area contributed by atoms with Gasteiger partial charge in [-0.2, -0.15) is 4.31 Å². The van der Waals surface area contributed by atoms with Crippen LogP contribution in [0.1, 0.15) is 19.8 Å². The number of methoxy groups -OCH3 is 1. The highest BCUT2D eigenvalue weighted by Crippen LogP contribution is 2.31. The summed E-state index contributed by atoms with van der Waals surface area (Å²) in [6.07, 6.45) is 2.00. The molecule has 0 spiro atoms. The van der Waals surface area contributed by atoms with Gasteiger partial charge in [0, 0.05) is 17.6 Å². The van der Waals surface area contributed by atoms with Gasteiger partial charge in [0.1, 0.15) is 10.6 Å². The number of hydrogen-bond donors (Lipinski definition) is 0. The molecule has 6 heteroatoms. The first kappa shape index (κ1) is 14.8. The number of halogens is 1. The van der Waals surface area contributed by atoms with Crippen LogP contribution in [0.2, 0.25) is 0 Å². The molecule has 1 fully saturated rings. The molecule has 1 aliphatic heterocycles. The van der Waals surface area contributed by atoms with Crippen molar-refractivity contribution in [1.29, 1.82) is 0 Å². The summed E-state index contributed by atoms with van der Waals surface area (Å²) in [5.41, 5.74) is 0. The van der Waals surface area contributed by atoms with Crippen LogP contribution in [0, 0.1) is 5.92 Å². The number of nitrogens with zero attached hydrogens (tertiary/aromatic N) is 1. The molecule has 0 amide bonds. The first-order valence-electron chi connectivity index (χ1n) is 6.29. The minimum atomic E-state index is -3.48. The highest BCUT2D eigenvalue weighted by atomic mass is 79.9. The van der Waals surface area contributed by atoms with Gasteiger partial charge in [-0.15, -0.1) is 0 Å². The summed E-state index contributed by atoms with van der Waals surface area (Å²) in [5.74, 6) is 0.795. The lowest BCUT2D eigenvalue weighted by Crippen LogP contribution is -2.39. The summed E-state index contributed by atoms with van der Waals surface area (Å²) in [6, 6.07) is 5.05. The van der Waals surface area contributed by atoms with Crippen LogP contribution >= 0.6 is 15.9 Å². The van der Waals surface area contributed by atoms with Gasteiger partial charge < -0.3 is 4.74 Å². The average molecular weight is 348 g/mol. The van der Waals surface area contributed by atoms with Crippen molar-refractivity contribution in [2.24, 2.45) is 5.92 Å². The molecule has 2 rings (SSSR count). The van der Waals surface area contributed by atoms with Gasteiger partial charge in [-0.3, -0.25) is 0 Å². The Bertz CT molecular complexity index is 559. The van der Waals surface area contributed by atoms with Gasteiger partial charge in [0.25, 0.3) is 0 Å². The van der Waals surface area contributed by atoms with E-state index in [9.17, 15) is 8.42 Å². The Kier molecular flexibility index (Phi) is 4.53. The highest BCUT2D eigenvalue weighted by Gasteiger charge is 2.31. The van der Waals surface area contributed by atoms with Crippen LogP contribution in [-0.4, -0.2) is 32.9 Å². The lowest BCUT2D eigenvalue weighted by atomic mass is 10.0. The molecule has 0 saturated carbocycles. The van der Waals surface area contributed by atoms with E-state index in [2.05, 4.69) is 22.9 Å². The summed E-state index contributed by atoms with van der Waals surface area (Å²) in [6.45, 7) is 3.25. The summed E-state index contributed by atoms with van der Waals surface area (Å²) in [4.78, 5) is 0.235. The Labute approximate surface area is 122 Å². The smallest absolute Gasteiger partial charge is 0.246 e. The highest BCUT2D eigenvalue weighted by molar-refractivity contribution is 9.10. The van der Waals surface area contributed by atoms with E-state index < -0.39 is 10.0 Å². The van der Waals surface area contributed by atoms with Crippen molar-refractivity contribution >= 4 is 26.0 Å². The van der Waals surface area contributed by atoms with E-state index in [1.807, 2.05) is 0 Å². The third-order valence-corrected chi connectivity index (χ3v) is 5.74. The summed E-state index contributed by atoms with van der Waals surface area (Å²) in [5, 5.41) is 0. The fraction of sp³-hybridized carbons (Fsp3) is 0.538. The minimum Gasteiger partial charge on any atom is -0.495 e. The minimum absolute atomic E-state index is 0.235. The lowest BCUT2D eigenvalue weighted by molar-refractivity contribution is 0.280. The Hall–Kier alpha value is -0.590. The van der Waals surface area contributed by atoms with Crippen LogP contribution in [0.15, 0.2) is 27.6 Å². The maximum atomic E-state index is 12.7. The Morgan fingerprint density at radius 1 is 1.42 bits per heavy atom. The van der Waals surface area contributed by atoms with Crippen molar-refractivity contribution in [3.8, 4) is 5.75 Å². The molecule has 19 heavy (non-hydrogen) atoms. The number of benzene rings is 1. The van der Waals surface area contributed by atoms with Gasteiger partial charge in [0.2, 0.25) is 10.0 Å². The number of ether oxygens (including phenoxy) is 1. The molecule has 4 nitrogen and oxygen atoms in total.